The summed E-state index contributed by atoms with van der Waals surface area (Å²) >= 11 is 0. The van der Waals surface area contributed by atoms with E-state index in [1.54, 1.807) is 27.7 Å². The Balaban J connectivity index is 1.73. The molecule has 1 aromatic rings. The van der Waals surface area contributed by atoms with Crippen LogP contribution in [0.25, 0.3) is 5.57 Å². The fourth-order valence-electron chi connectivity index (χ4n) is 5.14. The molecule has 3 rings (SSSR count). The van der Waals surface area contributed by atoms with Crippen molar-refractivity contribution in [3.8, 4) is 0 Å². The van der Waals surface area contributed by atoms with E-state index in [4.69, 9.17) is 18.9 Å². The van der Waals surface area contributed by atoms with Crippen LogP contribution in [-0.2, 0) is 44.5 Å². The van der Waals surface area contributed by atoms with Crippen LogP contribution in [-0.4, -0.2) is 71.9 Å². The van der Waals surface area contributed by atoms with Crippen LogP contribution in [0, 0.1) is 6.92 Å². The third kappa shape index (κ3) is 8.28. The number of carbonyl (C=O) groups excluding carboxylic acids is 5. The van der Waals surface area contributed by atoms with Crippen molar-refractivity contribution < 1.29 is 48.0 Å². The van der Waals surface area contributed by atoms with E-state index in [1.807, 2.05) is 13.8 Å². The van der Waals surface area contributed by atoms with E-state index < -0.39 is 29.7 Å². The minimum Gasteiger partial charge on any atom is -0.506 e. The highest BCUT2D eigenvalue weighted by molar-refractivity contribution is 6.40. The molecule has 0 atom stereocenters. The van der Waals surface area contributed by atoms with Gasteiger partial charge in [-0.3, -0.25) is 9.79 Å². The van der Waals surface area contributed by atoms with Crippen LogP contribution in [0.1, 0.15) is 94.0 Å². The molecule has 2 heterocycles. The summed E-state index contributed by atoms with van der Waals surface area (Å²) in [7, 11) is 0. The number of aliphatic hydroxyl groups excluding tert-OH is 1. The molecule has 1 aliphatic carbocycles. The van der Waals surface area contributed by atoms with Gasteiger partial charge in [-0.1, -0.05) is 27.0 Å². The van der Waals surface area contributed by atoms with Crippen LogP contribution in [0.2, 0.25) is 0 Å². The number of ether oxygens (including phenoxy) is 4. The summed E-state index contributed by atoms with van der Waals surface area (Å²) in [5.41, 5.74) is 3.53. The Labute approximate surface area is 280 Å². The number of Topliss-reactive ketones (excluding diaryl/α,β-unsaturated/α-hetero) is 1. The first kappa shape index (κ1) is 37.5. The molecule has 0 radical (unpaired) electrons. The maximum Gasteiger partial charge on any atom is 0.340 e. The molecular formula is C36H44N2O10. The summed E-state index contributed by atoms with van der Waals surface area (Å²) < 4.78 is 21.0. The largest absolute Gasteiger partial charge is 0.506 e. The van der Waals surface area contributed by atoms with Gasteiger partial charge in [0.2, 0.25) is 5.78 Å². The summed E-state index contributed by atoms with van der Waals surface area (Å²) in [6, 6.07) is 0. The summed E-state index contributed by atoms with van der Waals surface area (Å²) in [6.45, 7) is 17.7. The van der Waals surface area contributed by atoms with E-state index in [-0.39, 0.29) is 60.2 Å². The fraction of sp³-hybridized carbons (Fsp3) is 0.444. The van der Waals surface area contributed by atoms with E-state index >= 15 is 0 Å². The number of hydrogen-bond acceptors (Lipinski definition) is 11. The Morgan fingerprint density at radius 3 is 1.73 bits per heavy atom. The zero-order valence-electron chi connectivity index (χ0n) is 28.6. The maximum atomic E-state index is 13.5. The van der Waals surface area contributed by atoms with Crippen molar-refractivity contribution in [1.29, 1.82) is 0 Å². The Morgan fingerprint density at radius 2 is 1.27 bits per heavy atom. The topological polar surface area (TPSA) is 171 Å². The van der Waals surface area contributed by atoms with Crippen molar-refractivity contribution >= 4 is 40.9 Å². The predicted molar refractivity (Wildman–Crippen MR) is 178 cm³/mol. The van der Waals surface area contributed by atoms with Crippen LogP contribution in [0.4, 0.5) is 0 Å². The second kappa shape index (κ2) is 16.7. The van der Waals surface area contributed by atoms with E-state index in [2.05, 4.69) is 23.1 Å². The van der Waals surface area contributed by atoms with E-state index in [1.165, 1.54) is 0 Å². The van der Waals surface area contributed by atoms with Crippen molar-refractivity contribution in [1.82, 2.24) is 4.98 Å². The van der Waals surface area contributed by atoms with Gasteiger partial charge < -0.3 is 29.0 Å². The molecule has 0 spiro atoms. The average Bonchev–Trinajstić information content (AvgIpc) is 3.55. The van der Waals surface area contributed by atoms with Crippen molar-refractivity contribution in [2.75, 3.05) is 26.4 Å². The number of aliphatic imine (C=N–C) groups is 1. The molecule has 0 saturated carbocycles. The van der Waals surface area contributed by atoms with Gasteiger partial charge in [0.05, 0.1) is 65.8 Å². The number of esters is 4. The number of rotatable bonds is 17. The molecule has 0 saturated heterocycles. The van der Waals surface area contributed by atoms with Gasteiger partial charge in [-0.2, -0.15) is 0 Å². The van der Waals surface area contributed by atoms with Crippen LogP contribution >= 0.6 is 0 Å². The van der Waals surface area contributed by atoms with Gasteiger partial charge in [0.15, 0.2) is 0 Å². The van der Waals surface area contributed by atoms with Crippen LogP contribution in [0.5, 0.6) is 0 Å². The van der Waals surface area contributed by atoms with Crippen molar-refractivity contribution in [3.63, 3.8) is 0 Å². The number of unbranched alkanes of at least 4 members (excludes halogenated alkanes) is 2. The predicted octanol–water partition coefficient (Wildman–Crippen LogP) is 5.67. The number of aromatic amines is 1. The number of nitrogens with zero attached hydrogens (tertiary/aromatic N) is 1. The van der Waals surface area contributed by atoms with Gasteiger partial charge in [0, 0.05) is 16.8 Å². The standard InChI is InChI=1S/C36H44N2O10/c1-9-23-25(35(43)47-17-13-11-15-45-33(41)19(3)4)21(7)29(37-23)27-31(39)28(32(27)40)30-22(8)26(24(10-2)38-30)36(44)48-18-14-12-16-46-34(42)20(5)6/h37,39H,3,5,9-18H2,1-2,4,6-8H3/b30-28+. The molecule has 0 aromatic carbocycles. The molecule has 0 amide bonds. The minimum absolute atomic E-state index is 0.0147. The number of aliphatic hydroxyl groups is 1. The number of carbonyl (C=O) groups is 5. The molecule has 0 fully saturated rings. The summed E-state index contributed by atoms with van der Waals surface area (Å²) in [5.74, 6) is -2.88. The molecule has 12 heteroatoms. The number of aryl methyl sites for hydroxylation is 1. The third-order valence-corrected chi connectivity index (χ3v) is 7.81. The molecular weight excluding hydrogens is 620 g/mol. The number of ketones is 1. The lowest BCUT2D eigenvalue weighted by atomic mass is 9.82. The lowest BCUT2D eigenvalue weighted by Gasteiger charge is -2.22. The van der Waals surface area contributed by atoms with E-state index in [0.717, 1.165) is 0 Å². The second-order valence-corrected chi connectivity index (χ2v) is 11.5. The van der Waals surface area contributed by atoms with E-state index in [0.29, 0.717) is 77.9 Å². The van der Waals surface area contributed by atoms with E-state index in [9.17, 15) is 29.1 Å². The van der Waals surface area contributed by atoms with Crippen molar-refractivity contribution in [2.24, 2.45) is 4.99 Å². The summed E-state index contributed by atoms with van der Waals surface area (Å²) in [6.07, 6.45) is 2.77. The molecule has 2 N–H and O–H groups in total. The average molecular weight is 665 g/mol. The molecule has 0 bridgehead atoms. The van der Waals surface area contributed by atoms with Crippen molar-refractivity contribution in [2.45, 2.75) is 80.1 Å². The summed E-state index contributed by atoms with van der Waals surface area (Å²) in [5, 5.41) is 11.2. The van der Waals surface area contributed by atoms with Gasteiger partial charge in [-0.05, 0) is 77.4 Å². The first-order valence-corrected chi connectivity index (χ1v) is 16.0. The second-order valence-electron chi connectivity index (χ2n) is 11.5. The Kier molecular flexibility index (Phi) is 13.0. The normalized spacial score (nSPS) is 15.6. The Hall–Kier alpha value is -5.00. The fourth-order valence-corrected chi connectivity index (χ4v) is 5.14. The zero-order chi connectivity index (χ0) is 35.7. The van der Waals surface area contributed by atoms with Gasteiger partial charge in [-0.15, -0.1) is 0 Å². The Morgan fingerprint density at radius 1 is 0.771 bits per heavy atom. The maximum absolute atomic E-state index is 13.5. The molecule has 1 aliphatic heterocycles. The third-order valence-electron chi connectivity index (χ3n) is 7.81. The number of H-pyrrole nitrogens is 1. The first-order chi connectivity index (χ1) is 22.8. The molecule has 1 aromatic heterocycles. The van der Waals surface area contributed by atoms with Crippen LogP contribution in [0.15, 0.2) is 57.5 Å². The lowest BCUT2D eigenvalue weighted by molar-refractivity contribution is -0.141. The Bertz CT molecular complexity index is 1660. The molecule has 48 heavy (non-hydrogen) atoms. The quantitative estimate of drug-likeness (QED) is 0.0915. The highest BCUT2D eigenvalue weighted by Crippen LogP contribution is 2.43. The molecule has 2 aliphatic rings. The number of hydrogen-bond donors (Lipinski definition) is 2. The summed E-state index contributed by atoms with van der Waals surface area (Å²) in [4.78, 5) is 70.2. The lowest BCUT2D eigenvalue weighted by Crippen LogP contribution is -2.23. The highest BCUT2D eigenvalue weighted by atomic mass is 16.5. The number of aromatic nitrogens is 1. The number of nitrogens with one attached hydrogen (secondary N) is 1. The van der Waals surface area contributed by atoms with Crippen molar-refractivity contribution in [3.05, 3.63) is 75.0 Å². The minimum atomic E-state index is -0.595. The van der Waals surface area contributed by atoms with Gasteiger partial charge in [-0.25, -0.2) is 19.2 Å². The molecule has 0 unspecified atom stereocenters. The zero-order valence-corrected chi connectivity index (χ0v) is 28.6. The smallest absolute Gasteiger partial charge is 0.340 e. The van der Waals surface area contributed by atoms with Gasteiger partial charge >= 0.3 is 23.9 Å². The van der Waals surface area contributed by atoms with Gasteiger partial charge in [0.25, 0.3) is 0 Å². The van der Waals surface area contributed by atoms with Gasteiger partial charge in [0.1, 0.15) is 5.76 Å². The first-order valence-electron chi connectivity index (χ1n) is 16.0. The van der Waals surface area contributed by atoms with Crippen LogP contribution in [0.3, 0.4) is 0 Å². The SMILES string of the molecule is C=C(C)C(=O)OCCCCOC(=O)C1=C(C)/C(=C2\C(=O)C(c3[nH]c(CC)c(C(=O)OCCCCOC(=O)C(=C)C)c3C)=C2O)N=C1CC. The molecule has 12 nitrogen and oxygen atoms in total. The highest BCUT2D eigenvalue weighted by Gasteiger charge is 2.42. The molecule has 258 valence electrons. The monoisotopic (exact) mass is 664 g/mol. The number of allylic oxidation sites excluding steroid dienone is 3. The van der Waals surface area contributed by atoms with Crippen LogP contribution < -0.4 is 0 Å².